The third kappa shape index (κ3) is 4.29. The Bertz CT molecular complexity index is 767. The predicted molar refractivity (Wildman–Crippen MR) is 97.2 cm³/mol. The molecule has 2 aromatic rings. The Labute approximate surface area is 161 Å². The Balaban J connectivity index is 1.89. The van der Waals surface area contributed by atoms with E-state index in [0.717, 1.165) is 26.4 Å². The predicted octanol–water partition coefficient (Wildman–Crippen LogP) is 5.42. The minimum Gasteiger partial charge on any atom is -0.481 e. The van der Waals surface area contributed by atoms with Crippen LogP contribution in [0.1, 0.15) is 34.9 Å². The fraction of sp³-hybridized carbons (Fsp3) is 0.389. The van der Waals surface area contributed by atoms with Crippen molar-refractivity contribution < 1.29 is 23.1 Å². The van der Waals surface area contributed by atoms with E-state index >= 15 is 0 Å². The lowest BCUT2D eigenvalue weighted by Gasteiger charge is -2.36. The molecule has 140 valence electrons. The first kappa shape index (κ1) is 19.4. The monoisotopic (exact) mass is 447 g/mol. The zero-order chi connectivity index (χ0) is 18.9. The summed E-state index contributed by atoms with van der Waals surface area (Å²) in [6.07, 6.45) is -3.28. The van der Waals surface area contributed by atoms with Gasteiger partial charge < -0.3 is 5.11 Å². The number of carboxylic acid groups (broad SMARTS) is 1. The Morgan fingerprint density at radius 1 is 1.15 bits per heavy atom. The molecular formula is C18H17BrF3NO2S. The first-order valence-corrected chi connectivity index (χ1v) is 9.76. The van der Waals surface area contributed by atoms with Crippen molar-refractivity contribution in [2.75, 3.05) is 13.1 Å². The fourth-order valence-electron chi connectivity index (χ4n) is 3.29. The summed E-state index contributed by atoms with van der Waals surface area (Å²) in [4.78, 5) is 14.3. The number of aliphatic carboxylic acids is 1. The van der Waals surface area contributed by atoms with Crippen LogP contribution in [0.5, 0.6) is 0 Å². The fourth-order valence-corrected chi connectivity index (χ4v) is 4.88. The molecule has 8 heteroatoms. The van der Waals surface area contributed by atoms with Crippen molar-refractivity contribution in [3.63, 3.8) is 0 Å². The number of hydrogen-bond acceptors (Lipinski definition) is 3. The molecule has 26 heavy (non-hydrogen) atoms. The highest BCUT2D eigenvalue weighted by Crippen LogP contribution is 2.38. The average molecular weight is 448 g/mol. The highest BCUT2D eigenvalue weighted by Gasteiger charge is 2.33. The van der Waals surface area contributed by atoms with Gasteiger partial charge in [0.1, 0.15) is 0 Å². The lowest BCUT2D eigenvalue weighted by atomic mass is 9.93. The second kappa shape index (κ2) is 7.70. The quantitative estimate of drug-likeness (QED) is 0.680. The van der Waals surface area contributed by atoms with Gasteiger partial charge >= 0.3 is 12.1 Å². The van der Waals surface area contributed by atoms with Gasteiger partial charge in [-0.25, -0.2) is 0 Å². The molecule has 1 N–H and O–H groups in total. The second-order valence-electron chi connectivity index (χ2n) is 6.31. The van der Waals surface area contributed by atoms with E-state index in [1.807, 2.05) is 12.1 Å². The lowest BCUT2D eigenvalue weighted by Crippen LogP contribution is -2.39. The Morgan fingerprint density at radius 3 is 2.23 bits per heavy atom. The van der Waals surface area contributed by atoms with E-state index in [1.165, 1.54) is 23.5 Å². The van der Waals surface area contributed by atoms with Crippen molar-refractivity contribution in [2.24, 2.45) is 5.92 Å². The number of piperidine rings is 1. The minimum absolute atomic E-state index is 0.177. The largest absolute Gasteiger partial charge is 0.481 e. The number of carbonyl (C=O) groups is 1. The third-order valence-corrected chi connectivity index (χ3v) is 6.34. The summed E-state index contributed by atoms with van der Waals surface area (Å²) in [5, 5.41) is 9.18. The molecule has 1 aliphatic heterocycles. The van der Waals surface area contributed by atoms with E-state index in [9.17, 15) is 23.1 Å². The number of hydrogen-bond donors (Lipinski definition) is 1. The number of alkyl halides is 3. The summed E-state index contributed by atoms with van der Waals surface area (Å²) in [7, 11) is 0. The van der Waals surface area contributed by atoms with Gasteiger partial charge in [-0.15, -0.1) is 11.3 Å². The molecule has 1 aromatic heterocycles. The molecule has 1 unspecified atom stereocenters. The van der Waals surface area contributed by atoms with Crippen molar-refractivity contribution in [1.29, 1.82) is 0 Å². The van der Waals surface area contributed by atoms with Gasteiger partial charge in [0.25, 0.3) is 0 Å². The standard InChI is InChI=1S/C18H17BrF3NO2S/c19-15-6-5-14(26-15)16(23-9-7-12(8-10-23)17(24)25)11-1-3-13(4-2-11)18(20,21)22/h1-6,12,16H,7-10H2,(H,24,25). The Hall–Kier alpha value is -1.38. The maximum Gasteiger partial charge on any atom is 0.416 e. The van der Waals surface area contributed by atoms with Crippen LogP contribution in [0.3, 0.4) is 0 Å². The maximum absolute atomic E-state index is 12.9. The van der Waals surface area contributed by atoms with Crippen LogP contribution >= 0.6 is 27.3 Å². The zero-order valence-corrected chi connectivity index (χ0v) is 16.1. The summed E-state index contributed by atoms with van der Waals surface area (Å²) in [5.74, 6) is -1.14. The van der Waals surface area contributed by atoms with Crippen LogP contribution in [0.25, 0.3) is 0 Å². The number of benzene rings is 1. The highest BCUT2D eigenvalue weighted by molar-refractivity contribution is 9.11. The first-order valence-electron chi connectivity index (χ1n) is 8.15. The van der Waals surface area contributed by atoms with Crippen molar-refractivity contribution >= 4 is 33.2 Å². The van der Waals surface area contributed by atoms with Crippen molar-refractivity contribution in [3.05, 3.63) is 56.2 Å². The lowest BCUT2D eigenvalue weighted by molar-refractivity contribution is -0.143. The molecule has 0 saturated carbocycles. The van der Waals surface area contributed by atoms with Gasteiger partial charge in [-0.05, 0) is 71.7 Å². The minimum atomic E-state index is -4.36. The van der Waals surface area contributed by atoms with Gasteiger partial charge in [0.2, 0.25) is 0 Å². The number of rotatable bonds is 4. The van der Waals surface area contributed by atoms with Crippen LogP contribution < -0.4 is 0 Å². The number of halogens is 4. The van der Waals surface area contributed by atoms with Crippen LogP contribution in [0.15, 0.2) is 40.2 Å². The van der Waals surface area contributed by atoms with E-state index in [-0.39, 0.29) is 12.0 Å². The van der Waals surface area contributed by atoms with E-state index in [2.05, 4.69) is 20.8 Å². The number of thiophene rings is 1. The van der Waals surface area contributed by atoms with E-state index in [1.54, 1.807) is 0 Å². The molecule has 0 radical (unpaired) electrons. The van der Waals surface area contributed by atoms with Crippen LogP contribution in [-0.2, 0) is 11.0 Å². The van der Waals surface area contributed by atoms with E-state index in [4.69, 9.17) is 0 Å². The molecule has 1 aliphatic rings. The average Bonchev–Trinajstić information content (AvgIpc) is 3.01. The summed E-state index contributed by atoms with van der Waals surface area (Å²) >= 11 is 4.97. The van der Waals surface area contributed by atoms with Gasteiger partial charge in [0.05, 0.1) is 21.3 Å². The Morgan fingerprint density at radius 2 is 1.77 bits per heavy atom. The SMILES string of the molecule is O=C(O)C1CCN(C(c2ccc(C(F)(F)F)cc2)c2ccc(Br)s2)CC1. The van der Waals surface area contributed by atoms with Gasteiger partial charge in [-0.2, -0.15) is 13.2 Å². The smallest absolute Gasteiger partial charge is 0.416 e. The first-order chi connectivity index (χ1) is 12.3. The van der Waals surface area contributed by atoms with Gasteiger partial charge in [0, 0.05) is 4.88 Å². The van der Waals surface area contributed by atoms with E-state index in [0.29, 0.717) is 25.9 Å². The second-order valence-corrected chi connectivity index (χ2v) is 8.81. The summed E-state index contributed by atoms with van der Waals surface area (Å²) < 4.78 is 39.5. The van der Waals surface area contributed by atoms with Crippen molar-refractivity contribution in [2.45, 2.75) is 25.1 Å². The highest BCUT2D eigenvalue weighted by atomic mass is 79.9. The van der Waals surface area contributed by atoms with Crippen LogP contribution in [-0.4, -0.2) is 29.1 Å². The molecule has 0 bridgehead atoms. The third-order valence-electron chi connectivity index (χ3n) is 4.66. The molecule has 0 amide bonds. The number of nitrogens with zero attached hydrogens (tertiary/aromatic N) is 1. The molecule has 1 fully saturated rings. The van der Waals surface area contributed by atoms with Gasteiger partial charge in [-0.3, -0.25) is 9.69 Å². The van der Waals surface area contributed by atoms with Crippen molar-refractivity contribution in [3.8, 4) is 0 Å². The molecule has 3 rings (SSSR count). The number of likely N-dealkylation sites (tertiary alicyclic amines) is 1. The van der Waals surface area contributed by atoms with E-state index < -0.39 is 17.7 Å². The van der Waals surface area contributed by atoms with Gasteiger partial charge in [0.15, 0.2) is 0 Å². The maximum atomic E-state index is 12.9. The summed E-state index contributed by atoms with van der Waals surface area (Å²) in [5.41, 5.74) is 0.109. The molecule has 1 atom stereocenters. The molecule has 0 aliphatic carbocycles. The summed E-state index contributed by atoms with van der Waals surface area (Å²) in [6, 6.07) is 8.95. The van der Waals surface area contributed by atoms with Gasteiger partial charge in [-0.1, -0.05) is 12.1 Å². The summed E-state index contributed by atoms with van der Waals surface area (Å²) in [6.45, 7) is 1.19. The molecule has 1 aromatic carbocycles. The zero-order valence-electron chi connectivity index (χ0n) is 13.7. The Kier molecular flexibility index (Phi) is 5.74. The van der Waals surface area contributed by atoms with Crippen molar-refractivity contribution in [1.82, 2.24) is 4.90 Å². The van der Waals surface area contributed by atoms with Crippen LogP contribution in [0.4, 0.5) is 13.2 Å². The van der Waals surface area contributed by atoms with Crippen LogP contribution in [0, 0.1) is 5.92 Å². The molecule has 2 heterocycles. The molecular weight excluding hydrogens is 431 g/mol. The topological polar surface area (TPSA) is 40.5 Å². The normalized spacial score (nSPS) is 18.0. The van der Waals surface area contributed by atoms with Crippen LogP contribution in [0.2, 0.25) is 0 Å². The number of carboxylic acids is 1. The molecule has 3 nitrogen and oxygen atoms in total. The molecule has 1 saturated heterocycles. The molecule has 0 spiro atoms.